The van der Waals surface area contributed by atoms with Crippen LogP contribution in [0.3, 0.4) is 0 Å². The molecule has 6 nitrogen and oxygen atoms in total. The summed E-state index contributed by atoms with van der Waals surface area (Å²) in [7, 11) is -3.45. The number of carbonyl (C=O) groups is 1. The third kappa shape index (κ3) is 5.93. The predicted octanol–water partition coefficient (Wildman–Crippen LogP) is 3.03. The molecule has 31 heavy (non-hydrogen) atoms. The van der Waals surface area contributed by atoms with E-state index in [1.165, 1.54) is 5.56 Å². The lowest BCUT2D eigenvalue weighted by atomic mass is 9.87. The number of benzene rings is 2. The Kier molecular flexibility index (Phi) is 7.19. The third-order valence-corrected chi connectivity index (χ3v) is 7.63. The van der Waals surface area contributed by atoms with E-state index >= 15 is 0 Å². The minimum absolute atomic E-state index is 0.0596. The molecule has 0 atom stereocenters. The monoisotopic (exact) mass is 443 g/mol. The highest BCUT2D eigenvalue weighted by atomic mass is 32.2. The zero-order valence-electron chi connectivity index (χ0n) is 18.9. The van der Waals surface area contributed by atoms with Gasteiger partial charge in [0.25, 0.3) is 5.91 Å². The van der Waals surface area contributed by atoms with Crippen molar-refractivity contribution in [3.63, 3.8) is 0 Å². The summed E-state index contributed by atoms with van der Waals surface area (Å²) in [6.45, 7) is 11.8. The van der Waals surface area contributed by atoms with Crippen molar-refractivity contribution in [2.45, 2.75) is 38.0 Å². The molecule has 0 bridgehead atoms. The highest BCUT2D eigenvalue weighted by Gasteiger charge is 2.28. The lowest BCUT2D eigenvalue weighted by molar-refractivity contribution is 0.0945. The van der Waals surface area contributed by atoms with Crippen molar-refractivity contribution in [2.75, 3.05) is 39.3 Å². The Labute approximate surface area is 186 Å². The Morgan fingerprint density at radius 3 is 2.06 bits per heavy atom. The third-order valence-electron chi connectivity index (χ3n) is 5.72. The summed E-state index contributed by atoms with van der Waals surface area (Å²) in [4.78, 5) is 14.9. The van der Waals surface area contributed by atoms with E-state index in [-0.39, 0.29) is 11.3 Å². The lowest BCUT2D eigenvalue weighted by Gasteiger charge is -2.34. The number of piperazine rings is 1. The van der Waals surface area contributed by atoms with E-state index in [4.69, 9.17) is 0 Å². The first kappa shape index (κ1) is 23.4. The van der Waals surface area contributed by atoms with E-state index in [0.717, 1.165) is 5.56 Å². The Bertz CT molecular complexity index is 986. The van der Waals surface area contributed by atoms with Crippen LogP contribution in [0, 0.1) is 6.92 Å². The number of nitrogens with zero attached hydrogens (tertiary/aromatic N) is 2. The fraction of sp³-hybridized carbons (Fsp3) is 0.458. The molecular formula is C24H33N3O3S. The van der Waals surface area contributed by atoms with Crippen LogP contribution in [0.15, 0.2) is 53.4 Å². The van der Waals surface area contributed by atoms with Crippen LogP contribution in [0.5, 0.6) is 0 Å². The van der Waals surface area contributed by atoms with Gasteiger partial charge in [0.1, 0.15) is 0 Å². The van der Waals surface area contributed by atoms with Crippen molar-refractivity contribution in [3.05, 3.63) is 65.2 Å². The largest absolute Gasteiger partial charge is 0.351 e. The Hall–Kier alpha value is -2.22. The summed E-state index contributed by atoms with van der Waals surface area (Å²) in [5, 5.41) is 2.96. The van der Waals surface area contributed by atoms with E-state index in [1.54, 1.807) is 16.4 Å². The second-order valence-corrected chi connectivity index (χ2v) is 11.1. The van der Waals surface area contributed by atoms with Gasteiger partial charge < -0.3 is 5.32 Å². The molecular weight excluding hydrogens is 410 g/mol. The summed E-state index contributed by atoms with van der Waals surface area (Å²) in [5.41, 5.74) is 2.95. The summed E-state index contributed by atoms with van der Waals surface area (Å²) < 4.78 is 27.1. The van der Waals surface area contributed by atoms with E-state index in [1.807, 2.05) is 43.3 Å². The van der Waals surface area contributed by atoms with Crippen LogP contribution in [-0.4, -0.2) is 62.8 Å². The van der Waals surface area contributed by atoms with Crippen molar-refractivity contribution >= 4 is 15.9 Å². The maximum absolute atomic E-state index is 12.8. The number of rotatable bonds is 6. The second-order valence-electron chi connectivity index (χ2n) is 9.14. The summed E-state index contributed by atoms with van der Waals surface area (Å²) in [6, 6.07) is 14.7. The van der Waals surface area contributed by atoms with Gasteiger partial charge in [0.05, 0.1) is 4.90 Å². The Morgan fingerprint density at radius 1 is 0.935 bits per heavy atom. The highest BCUT2D eigenvalue weighted by molar-refractivity contribution is 7.89. The zero-order chi connectivity index (χ0) is 22.6. The quantitative estimate of drug-likeness (QED) is 0.745. The number of sulfonamides is 1. The molecule has 0 aromatic heterocycles. The van der Waals surface area contributed by atoms with E-state index in [2.05, 4.69) is 31.0 Å². The average molecular weight is 444 g/mol. The molecule has 1 amide bonds. The zero-order valence-corrected chi connectivity index (χ0v) is 19.7. The van der Waals surface area contributed by atoms with Gasteiger partial charge in [-0.15, -0.1) is 0 Å². The first-order valence-electron chi connectivity index (χ1n) is 10.8. The molecule has 0 unspecified atom stereocenters. The number of carbonyl (C=O) groups excluding carboxylic acids is 1. The second kappa shape index (κ2) is 9.51. The highest BCUT2D eigenvalue weighted by Crippen LogP contribution is 2.22. The number of hydrogen-bond acceptors (Lipinski definition) is 4. The number of aryl methyl sites for hydroxylation is 1. The topological polar surface area (TPSA) is 69.7 Å². The van der Waals surface area contributed by atoms with Gasteiger partial charge in [0, 0.05) is 44.8 Å². The summed E-state index contributed by atoms with van der Waals surface area (Å²) in [6.07, 6.45) is 0. The fourth-order valence-electron chi connectivity index (χ4n) is 3.60. The van der Waals surface area contributed by atoms with E-state index < -0.39 is 10.0 Å². The van der Waals surface area contributed by atoms with Gasteiger partial charge in [0.15, 0.2) is 0 Å². The Balaban J connectivity index is 1.45. The molecule has 1 aliphatic heterocycles. The van der Waals surface area contributed by atoms with Crippen LogP contribution in [0.4, 0.5) is 0 Å². The Morgan fingerprint density at radius 2 is 1.52 bits per heavy atom. The fourth-order valence-corrected chi connectivity index (χ4v) is 5.03. The molecule has 0 spiro atoms. The molecule has 1 heterocycles. The van der Waals surface area contributed by atoms with Gasteiger partial charge >= 0.3 is 0 Å². The van der Waals surface area contributed by atoms with Gasteiger partial charge in [-0.05, 0) is 42.2 Å². The normalized spacial score (nSPS) is 16.3. The molecule has 0 aliphatic carbocycles. The summed E-state index contributed by atoms with van der Waals surface area (Å²) in [5.74, 6) is -0.0824. The van der Waals surface area contributed by atoms with Crippen LogP contribution in [0.25, 0.3) is 0 Å². The van der Waals surface area contributed by atoms with Crippen molar-refractivity contribution in [1.29, 1.82) is 0 Å². The standard InChI is InChI=1S/C24H33N3O3S/c1-19-5-11-22(12-6-19)31(29,30)27-17-15-26(16-18-27)14-13-25-23(28)20-7-9-21(10-8-20)24(2,3)4/h5-12H,13-18H2,1-4H3,(H,25,28). The van der Waals surface area contributed by atoms with Crippen molar-refractivity contribution in [3.8, 4) is 0 Å². The number of amides is 1. The predicted molar refractivity (Wildman–Crippen MR) is 124 cm³/mol. The SMILES string of the molecule is Cc1ccc(S(=O)(=O)N2CCN(CCNC(=O)c3ccc(C(C)(C)C)cc3)CC2)cc1. The number of nitrogens with one attached hydrogen (secondary N) is 1. The molecule has 2 aromatic carbocycles. The smallest absolute Gasteiger partial charge is 0.251 e. The van der Waals surface area contributed by atoms with Gasteiger partial charge in [-0.1, -0.05) is 50.6 Å². The van der Waals surface area contributed by atoms with Gasteiger partial charge in [-0.25, -0.2) is 8.42 Å². The van der Waals surface area contributed by atoms with Gasteiger partial charge in [0.2, 0.25) is 10.0 Å². The molecule has 0 saturated carbocycles. The molecule has 1 N–H and O–H groups in total. The first-order valence-corrected chi connectivity index (χ1v) is 12.2. The molecule has 3 rings (SSSR count). The van der Waals surface area contributed by atoms with Crippen LogP contribution < -0.4 is 5.32 Å². The number of hydrogen-bond donors (Lipinski definition) is 1. The molecule has 7 heteroatoms. The molecule has 1 saturated heterocycles. The van der Waals surface area contributed by atoms with Crippen LogP contribution >= 0.6 is 0 Å². The van der Waals surface area contributed by atoms with Crippen LogP contribution in [-0.2, 0) is 15.4 Å². The average Bonchev–Trinajstić information content (AvgIpc) is 2.74. The molecule has 1 aliphatic rings. The maximum Gasteiger partial charge on any atom is 0.251 e. The molecule has 2 aromatic rings. The minimum Gasteiger partial charge on any atom is -0.351 e. The summed E-state index contributed by atoms with van der Waals surface area (Å²) >= 11 is 0. The molecule has 168 valence electrons. The minimum atomic E-state index is -3.45. The first-order chi connectivity index (χ1) is 14.6. The maximum atomic E-state index is 12.8. The van der Waals surface area contributed by atoms with Crippen LogP contribution in [0.1, 0.15) is 42.3 Å². The van der Waals surface area contributed by atoms with Crippen molar-refractivity contribution in [1.82, 2.24) is 14.5 Å². The van der Waals surface area contributed by atoms with E-state index in [9.17, 15) is 13.2 Å². The van der Waals surface area contributed by atoms with Crippen molar-refractivity contribution in [2.24, 2.45) is 0 Å². The molecule has 0 radical (unpaired) electrons. The lowest BCUT2D eigenvalue weighted by Crippen LogP contribution is -2.50. The van der Waals surface area contributed by atoms with Gasteiger partial charge in [-0.3, -0.25) is 9.69 Å². The molecule has 1 fully saturated rings. The van der Waals surface area contributed by atoms with Crippen LogP contribution in [0.2, 0.25) is 0 Å². The van der Waals surface area contributed by atoms with Gasteiger partial charge in [-0.2, -0.15) is 4.31 Å². The van der Waals surface area contributed by atoms with Crippen molar-refractivity contribution < 1.29 is 13.2 Å². The van der Waals surface area contributed by atoms with E-state index in [0.29, 0.717) is 49.7 Å².